The summed E-state index contributed by atoms with van der Waals surface area (Å²) in [5.41, 5.74) is 0.270. The van der Waals surface area contributed by atoms with Gasteiger partial charge in [0.05, 0.1) is 5.69 Å². The van der Waals surface area contributed by atoms with Gasteiger partial charge >= 0.3 is 5.97 Å². The Bertz CT molecular complexity index is 422. The van der Waals surface area contributed by atoms with Crippen LogP contribution in [0.25, 0.3) is 0 Å². The van der Waals surface area contributed by atoms with E-state index in [9.17, 15) is 9.59 Å². The van der Waals surface area contributed by atoms with Gasteiger partial charge in [-0.2, -0.15) is 0 Å². The average molecular weight is 177 g/mol. The van der Waals surface area contributed by atoms with Crippen molar-refractivity contribution < 1.29 is 9.90 Å². The van der Waals surface area contributed by atoms with Gasteiger partial charge in [-0.25, -0.2) is 0 Å². The summed E-state index contributed by atoms with van der Waals surface area (Å²) in [5.74, 6) is 3.96. The van der Waals surface area contributed by atoms with Crippen molar-refractivity contribution in [3.05, 3.63) is 34.2 Å². The second-order valence-electron chi connectivity index (χ2n) is 2.31. The number of hydrogen-bond acceptors (Lipinski definition) is 2. The number of aromatic nitrogens is 1. The molecule has 1 aromatic heterocycles. The van der Waals surface area contributed by atoms with Gasteiger partial charge in [-0.1, -0.05) is 5.92 Å². The lowest BCUT2D eigenvalue weighted by atomic mass is 10.3. The van der Waals surface area contributed by atoms with E-state index >= 15 is 0 Å². The van der Waals surface area contributed by atoms with Crippen LogP contribution >= 0.6 is 0 Å². The molecule has 0 aromatic carbocycles. The molecule has 66 valence electrons. The van der Waals surface area contributed by atoms with Crippen molar-refractivity contribution in [3.63, 3.8) is 0 Å². The Hall–Kier alpha value is -2.02. The summed E-state index contributed by atoms with van der Waals surface area (Å²) in [4.78, 5) is 23.6. The van der Waals surface area contributed by atoms with E-state index in [1.807, 2.05) is 0 Å². The minimum Gasteiger partial charge on any atom is -0.481 e. The topological polar surface area (TPSA) is 70.2 Å². The Balaban J connectivity index is 2.78. The largest absolute Gasteiger partial charge is 0.481 e. The number of hydrogen-bond donors (Lipinski definition) is 2. The van der Waals surface area contributed by atoms with Crippen molar-refractivity contribution in [2.24, 2.45) is 0 Å². The molecule has 0 unspecified atom stereocenters. The zero-order valence-corrected chi connectivity index (χ0v) is 6.70. The highest BCUT2D eigenvalue weighted by Crippen LogP contribution is 1.84. The van der Waals surface area contributed by atoms with Gasteiger partial charge in [-0.05, 0) is 5.92 Å². The predicted octanol–water partition coefficient (Wildman–Crippen LogP) is 0.201. The Morgan fingerprint density at radius 3 is 3.00 bits per heavy atom. The summed E-state index contributed by atoms with van der Waals surface area (Å²) >= 11 is 0. The third-order valence-corrected chi connectivity index (χ3v) is 1.24. The van der Waals surface area contributed by atoms with Crippen LogP contribution < -0.4 is 5.43 Å². The molecule has 13 heavy (non-hydrogen) atoms. The predicted molar refractivity (Wildman–Crippen MR) is 46.2 cm³/mol. The van der Waals surface area contributed by atoms with Crippen LogP contribution in [0.1, 0.15) is 12.1 Å². The molecule has 0 saturated heterocycles. The molecule has 0 aliphatic carbocycles. The van der Waals surface area contributed by atoms with Crippen molar-refractivity contribution in [2.45, 2.75) is 6.42 Å². The summed E-state index contributed by atoms with van der Waals surface area (Å²) in [7, 11) is 0. The Morgan fingerprint density at radius 2 is 2.38 bits per heavy atom. The Kier molecular flexibility index (Phi) is 2.87. The average Bonchev–Trinajstić information content (AvgIpc) is 2.03. The summed E-state index contributed by atoms with van der Waals surface area (Å²) in [6, 6.07) is 2.68. The minimum absolute atomic E-state index is 0.154. The highest BCUT2D eigenvalue weighted by Gasteiger charge is 1.89. The molecule has 0 saturated carbocycles. The fraction of sp³-hybridized carbons (Fsp3) is 0.111. The number of pyridine rings is 1. The second-order valence-corrected chi connectivity index (χ2v) is 2.31. The van der Waals surface area contributed by atoms with Gasteiger partial charge in [-0.15, -0.1) is 0 Å². The van der Waals surface area contributed by atoms with Gasteiger partial charge in [0.25, 0.3) is 0 Å². The van der Waals surface area contributed by atoms with Crippen molar-refractivity contribution >= 4 is 5.97 Å². The van der Waals surface area contributed by atoms with E-state index in [0.717, 1.165) is 0 Å². The molecule has 0 aliphatic heterocycles. The van der Waals surface area contributed by atoms with Crippen LogP contribution in [0.2, 0.25) is 0 Å². The molecular weight excluding hydrogens is 170 g/mol. The number of aromatic amines is 1. The summed E-state index contributed by atoms with van der Waals surface area (Å²) < 4.78 is 0. The molecule has 0 radical (unpaired) electrons. The number of H-pyrrole nitrogens is 1. The van der Waals surface area contributed by atoms with Crippen LogP contribution in [0.4, 0.5) is 0 Å². The highest BCUT2D eigenvalue weighted by atomic mass is 16.4. The van der Waals surface area contributed by atoms with Gasteiger partial charge in [-0.3, -0.25) is 9.59 Å². The fourth-order valence-electron chi connectivity index (χ4n) is 0.733. The minimum atomic E-state index is -0.981. The van der Waals surface area contributed by atoms with E-state index in [1.54, 1.807) is 0 Å². The Labute approximate surface area is 74.2 Å². The van der Waals surface area contributed by atoms with E-state index in [2.05, 4.69) is 16.8 Å². The summed E-state index contributed by atoms with van der Waals surface area (Å²) in [5, 5.41) is 8.27. The molecule has 0 amide bonds. The zero-order chi connectivity index (χ0) is 9.68. The molecule has 1 rings (SSSR count). The van der Waals surface area contributed by atoms with E-state index in [0.29, 0.717) is 5.69 Å². The van der Waals surface area contributed by atoms with Crippen LogP contribution in [0.3, 0.4) is 0 Å². The molecule has 1 heterocycles. The van der Waals surface area contributed by atoms with Crippen molar-refractivity contribution in [3.8, 4) is 11.8 Å². The van der Waals surface area contributed by atoms with Crippen molar-refractivity contribution in [2.75, 3.05) is 0 Å². The molecule has 4 nitrogen and oxygen atoms in total. The number of nitrogens with one attached hydrogen (secondary N) is 1. The van der Waals surface area contributed by atoms with Gasteiger partial charge in [0.15, 0.2) is 5.43 Å². The maximum absolute atomic E-state index is 10.8. The van der Waals surface area contributed by atoms with Crippen LogP contribution in [0.5, 0.6) is 0 Å². The molecule has 1 aromatic rings. The number of carbonyl (C=O) groups is 1. The standard InChI is InChI=1S/C9H7NO3/c11-8-4-5-10-7(6-8)2-1-3-9(12)13/h4-6H,3H2,(H,10,11)(H,12,13). The maximum atomic E-state index is 10.8. The van der Waals surface area contributed by atoms with Crippen LogP contribution in [0.15, 0.2) is 23.1 Å². The van der Waals surface area contributed by atoms with E-state index in [4.69, 9.17) is 5.11 Å². The fourth-order valence-corrected chi connectivity index (χ4v) is 0.733. The number of carboxylic acid groups (broad SMARTS) is 1. The first-order valence-electron chi connectivity index (χ1n) is 3.58. The van der Waals surface area contributed by atoms with Crippen LogP contribution in [-0.4, -0.2) is 16.1 Å². The lowest BCUT2D eigenvalue weighted by Gasteiger charge is -1.86. The van der Waals surface area contributed by atoms with Crippen LogP contribution in [0, 0.1) is 11.8 Å². The third kappa shape index (κ3) is 3.25. The van der Waals surface area contributed by atoms with Gasteiger partial charge in [0, 0.05) is 18.3 Å². The Morgan fingerprint density at radius 1 is 1.62 bits per heavy atom. The van der Waals surface area contributed by atoms with Gasteiger partial charge in [0.2, 0.25) is 0 Å². The molecule has 0 fully saturated rings. The van der Waals surface area contributed by atoms with E-state index < -0.39 is 5.97 Å². The first kappa shape index (κ1) is 9.07. The van der Waals surface area contributed by atoms with Gasteiger partial charge < -0.3 is 10.1 Å². The molecule has 0 spiro atoms. The molecule has 2 N–H and O–H groups in total. The molecule has 0 atom stereocenters. The molecule has 0 bridgehead atoms. The lowest BCUT2D eigenvalue weighted by Crippen LogP contribution is -1.98. The number of aliphatic carboxylic acids is 1. The lowest BCUT2D eigenvalue weighted by molar-refractivity contribution is -0.135. The first-order valence-corrected chi connectivity index (χ1v) is 3.58. The molecule has 0 aliphatic rings. The van der Waals surface area contributed by atoms with Gasteiger partial charge in [0.1, 0.15) is 6.42 Å². The van der Waals surface area contributed by atoms with E-state index in [1.165, 1.54) is 18.3 Å². The monoisotopic (exact) mass is 177 g/mol. The normalized spacial score (nSPS) is 8.62. The number of carboxylic acids is 1. The van der Waals surface area contributed by atoms with Crippen LogP contribution in [-0.2, 0) is 4.79 Å². The third-order valence-electron chi connectivity index (χ3n) is 1.24. The number of rotatable bonds is 1. The maximum Gasteiger partial charge on any atom is 0.315 e. The van der Waals surface area contributed by atoms with Crippen molar-refractivity contribution in [1.29, 1.82) is 0 Å². The van der Waals surface area contributed by atoms with E-state index in [-0.39, 0.29) is 11.8 Å². The molecular formula is C9H7NO3. The quantitative estimate of drug-likeness (QED) is 0.602. The first-order chi connectivity index (χ1) is 6.18. The zero-order valence-electron chi connectivity index (χ0n) is 6.70. The SMILES string of the molecule is O=C(O)CC#Cc1cc(=O)cc[nH]1. The second kappa shape index (κ2) is 4.12. The summed E-state index contributed by atoms with van der Waals surface area (Å²) in [6.07, 6.45) is 1.24. The van der Waals surface area contributed by atoms with Crippen molar-refractivity contribution in [1.82, 2.24) is 4.98 Å². The summed E-state index contributed by atoms with van der Waals surface area (Å²) in [6.45, 7) is 0. The highest BCUT2D eigenvalue weighted by molar-refractivity contribution is 5.70. The smallest absolute Gasteiger partial charge is 0.315 e. The molecule has 4 heteroatoms.